The van der Waals surface area contributed by atoms with Gasteiger partial charge in [0.05, 0.1) is 20.9 Å². The van der Waals surface area contributed by atoms with Crippen LogP contribution in [0.4, 0.5) is 5.69 Å². The van der Waals surface area contributed by atoms with E-state index in [4.69, 9.17) is 45.9 Å². The Kier molecular flexibility index (Phi) is 6.55. The minimum Gasteiger partial charge on any atom is -0.335 e. The third-order valence-electron chi connectivity index (χ3n) is 3.85. The summed E-state index contributed by atoms with van der Waals surface area (Å²) < 4.78 is 1.27. The van der Waals surface area contributed by atoms with Crippen molar-refractivity contribution in [1.29, 1.82) is 5.26 Å². The summed E-state index contributed by atoms with van der Waals surface area (Å²) in [6.07, 6.45) is 0. The number of thioether (sulfide) groups is 1. The summed E-state index contributed by atoms with van der Waals surface area (Å²) in [5.74, 6) is 6.16. The van der Waals surface area contributed by atoms with Crippen molar-refractivity contribution in [2.45, 2.75) is 17.3 Å². The van der Waals surface area contributed by atoms with Gasteiger partial charge < -0.3 is 11.2 Å². The van der Waals surface area contributed by atoms with Gasteiger partial charge in [0.25, 0.3) is 0 Å². The molecular formula is C18H13Cl3N6OS. The summed E-state index contributed by atoms with van der Waals surface area (Å²) in [6.45, 7) is 1.70. The highest BCUT2D eigenvalue weighted by molar-refractivity contribution is 8.00. The number of amides is 1. The second kappa shape index (κ2) is 8.93. The molecule has 0 radical (unpaired) electrons. The molecule has 0 bridgehead atoms. The average molecular weight is 468 g/mol. The van der Waals surface area contributed by atoms with Crippen molar-refractivity contribution in [2.75, 3.05) is 11.2 Å². The molecule has 148 valence electrons. The van der Waals surface area contributed by atoms with E-state index >= 15 is 0 Å². The van der Waals surface area contributed by atoms with E-state index in [9.17, 15) is 4.79 Å². The van der Waals surface area contributed by atoms with Gasteiger partial charge in [0.1, 0.15) is 6.07 Å². The molecule has 7 nitrogen and oxygen atoms in total. The molecule has 3 aromatic rings. The molecule has 1 unspecified atom stereocenters. The second-order valence-corrected chi connectivity index (χ2v) is 8.41. The summed E-state index contributed by atoms with van der Waals surface area (Å²) in [5.41, 5.74) is 1.38. The highest BCUT2D eigenvalue weighted by Gasteiger charge is 2.21. The zero-order valence-corrected chi connectivity index (χ0v) is 17.9. The topological polar surface area (TPSA) is 110 Å². The lowest BCUT2D eigenvalue weighted by molar-refractivity contribution is -0.115. The Morgan fingerprint density at radius 3 is 2.62 bits per heavy atom. The maximum absolute atomic E-state index is 12.5. The summed E-state index contributed by atoms with van der Waals surface area (Å²) in [5, 5.41) is 20.7. The van der Waals surface area contributed by atoms with Gasteiger partial charge in [-0.1, -0.05) is 46.6 Å². The number of hydrogen-bond acceptors (Lipinski definition) is 6. The lowest BCUT2D eigenvalue weighted by atomic mass is 10.2. The normalized spacial score (nSPS) is 11.7. The third-order valence-corrected chi connectivity index (χ3v) is 5.76. The van der Waals surface area contributed by atoms with Crippen LogP contribution in [-0.4, -0.2) is 26.0 Å². The summed E-state index contributed by atoms with van der Waals surface area (Å²) >= 11 is 19.2. The number of nitrogens with one attached hydrogen (secondary N) is 1. The molecule has 3 N–H and O–H groups in total. The molecule has 0 aliphatic carbocycles. The highest BCUT2D eigenvalue weighted by Crippen LogP contribution is 2.31. The van der Waals surface area contributed by atoms with E-state index in [2.05, 4.69) is 15.5 Å². The van der Waals surface area contributed by atoms with Gasteiger partial charge in [0, 0.05) is 16.3 Å². The minimum atomic E-state index is -0.538. The molecule has 2 aromatic carbocycles. The van der Waals surface area contributed by atoms with Crippen molar-refractivity contribution >= 4 is 58.2 Å². The molecule has 11 heteroatoms. The standard InChI is InChI=1S/C18H13Cl3N6OS/c1-9(17(28)24-12-4-2-10(8-22)14(20)7-12)29-18-26-25-16(27(18)23)13-5-3-11(19)6-15(13)21/h2-7,9H,23H2,1H3,(H,24,28). The molecule has 1 amide bonds. The summed E-state index contributed by atoms with van der Waals surface area (Å²) in [6, 6.07) is 11.6. The number of benzene rings is 2. The number of nitrogen functional groups attached to an aromatic ring is 1. The Labute approximate surface area is 185 Å². The number of rotatable bonds is 5. The molecule has 0 saturated heterocycles. The fourth-order valence-corrected chi connectivity index (χ4v) is 3.84. The number of hydrogen-bond donors (Lipinski definition) is 2. The third kappa shape index (κ3) is 4.77. The molecule has 1 aromatic heterocycles. The lowest BCUT2D eigenvalue weighted by Gasteiger charge is -2.12. The van der Waals surface area contributed by atoms with Gasteiger partial charge in [-0.15, -0.1) is 10.2 Å². The maximum atomic E-state index is 12.5. The Morgan fingerprint density at radius 1 is 1.21 bits per heavy atom. The van der Waals surface area contributed by atoms with E-state index in [1.54, 1.807) is 31.2 Å². The zero-order valence-electron chi connectivity index (χ0n) is 14.9. The first-order chi connectivity index (χ1) is 13.8. The predicted octanol–water partition coefficient (Wildman–Crippen LogP) is 4.61. The van der Waals surface area contributed by atoms with Crippen LogP contribution < -0.4 is 11.2 Å². The van der Waals surface area contributed by atoms with Gasteiger partial charge in [-0.25, -0.2) is 4.68 Å². The molecule has 0 aliphatic heterocycles. The fourth-order valence-electron chi connectivity index (χ4n) is 2.35. The van der Waals surface area contributed by atoms with Crippen LogP contribution in [0.1, 0.15) is 12.5 Å². The number of halogens is 3. The summed E-state index contributed by atoms with van der Waals surface area (Å²) in [7, 11) is 0. The summed E-state index contributed by atoms with van der Waals surface area (Å²) in [4.78, 5) is 12.5. The van der Waals surface area contributed by atoms with Crippen molar-refractivity contribution in [2.24, 2.45) is 0 Å². The number of nitrogens with zero attached hydrogens (tertiary/aromatic N) is 4. The molecule has 1 atom stereocenters. The molecular weight excluding hydrogens is 455 g/mol. The average Bonchev–Trinajstić information content (AvgIpc) is 3.02. The molecule has 29 heavy (non-hydrogen) atoms. The first-order valence-corrected chi connectivity index (χ1v) is 10.1. The van der Waals surface area contributed by atoms with Crippen LogP contribution in [-0.2, 0) is 4.79 Å². The van der Waals surface area contributed by atoms with Gasteiger partial charge in [-0.2, -0.15) is 5.26 Å². The molecule has 0 aliphatic rings. The number of nitrogens with two attached hydrogens (primary N) is 1. The second-order valence-electron chi connectivity index (χ2n) is 5.86. The van der Waals surface area contributed by atoms with E-state index in [1.807, 2.05) is 6.07 Å². The van der Waals surface area contributed by atoms with E-state index in [-0.39, 0.29) is 10.9 Å². The number of nitriles is 1. The maximum Gasteiger partial charge on any atom is 0.237 e. The zero-order chi connectivity index (χ0) is 21.1. The molecule has 1 heterocycles. The van der Waals surface area contributed by atoms with Crippen LogP contribution in [0.25, 0.3) is 11.4 Å². The van der Waals surface area contributed by atoms with Gasteiger partial charge in [-0.3, -0.25) is 4.79 Å². The van der Waals surface area contributed by atoms with Crippen molar-refractivity contribution in [3.63, 3.8) is 0 Å². The molecule has 3 rings (SSSR count). The van der Waals surface area contributed by atoms with E-state index in [1.165, 1.54) is 16.8 Å². The van der Waals surface area contributed by atoms with Crippen LogP contribution >= 0.6 is 46.6 Å². The lowest BCUT2D eigenvalue weighted by Crippen LogP contribution is -2.23. The van der Waals surface area contributed by atoms with E-state index in [0.717, 1.165) is 11.8 Å². The van der Waals surface area contributed by atoms with Gasteiger partial charge in [0.15, 0.2) is 5.82 Å². The molecule has 0 fully saturated rings. The molecule has 0 saturated carbocycles. The Balaban J connectivity index is 1.73. The van der Waals surface area contributed by atoms with Crippen molar-refractivity contribution < 1.29 is 4.79 Å². The van der Waals surface area contributed by atoms with Crippen LogP contribution in [0, 0.1) is 11.3 Å². The number of aromatic nitrogens is 3. The highest BCUT2D eigenvalue weighted by atomic mass is 35.5. The van der Waals surface area contributed by atoms with Gasteiger partial charge >= 0.3 is 0 Å². The smallest absolute Gasteiger partial charge is 0.237 e. The van der Waals surface area contributed by atoms with Crippen LogP contribution in [0.2, 0.25) is 15.1 Å². The van der Waals surface area contributed by atoms with Crippen LogP contribution in [0.3, 0.4) is 0 Å². The Bertz CT molecular complexity index is 1130. The SMILES string of the molecule is CC(Sc1nnc(-c2ccc(Cl)cc2Cl)n1N)C(=O)Nc1ccc(C#N)c(Cl)c1. The van der Waals surface area contributed by atoms with Gasteiger partial charge in [-0.05, 0) is 43.3 Å². The van der Waals surface area contributed by atoms with Gasteiger partial charge in [0.2, 0.25) is 11.1 Å². The quantitative estimate of drug-likeness (QED) is 0.419. The van der Waals surface area contributed by atoms with E-state index < -0.39 is 5.25 Å². The van der Waals surface area contributed by atoms with E-state index in [0.29, 0.717) is 37.8 Å². The first-order valence-electron chi connectivity index (χ1n) is 8.13. The predicted molar refractivity (Wildman–Crippen MR) is 116 cm³/mol. The molecule has 0 spiro atoms. The van der Waals surface area contributed by atoms with Crippen molar-refractivity contribution in [3.8, 4) is 17.5 Å². The Hall–Kier alpha value is -2.44. The van der Waals surface area contributed by atoms with Crippen molar-refractivity contribution in [1.82, 2.24) is 14.9 Å². The van der Waals surface area contributed by atoms with Crippen LogP contribution in [0.15, 0.2) is 41.6 Å². The fraction of sp³-hybridized carbons (Fsp3) is 0.111. The largest absolute Gasteiger partial charge is 0.335 e. The first kappa shape index (κ1) is 21.3. The minimum absolute atomic E-state index is 0.261. The number of anilines is 1. The Morgan fingerprint density at radius 2 is 1.97 bits per heavy atom. The van der Waals surface area contributed by atoms with Crippen LogP contribution in [0.5, 0.6) is 0 Å². The number of carbonyl (C=O) groups excluding carboxylic acids is 1. The van der Waals surface area contributed by atoms with Crippen molar-refractivity contribution in [3.05, 3.63) is 57.0 Å². The monoisotopic (exact) mass is 466 g/mol. The number of carbonyl (C=O) groups is 1.